The number of nitrogens with zero attached hydrogens (tertiary/aromatic N) is 4. The molecule has 9 nitrogen and oxygen atoms in total. The minimum absolute atomic E-state index is 0.144. The molecule has 2 amide bonds. The summed E-state index contributed by atoms with van der Waals surface area (Å²) in [5.41, 5.74) is 0.699. The van der Waals surface area contributed by atoms with Crippen LogP contribution in [0.1, 0.15) is 50.4 Å². The van der Waals surface area contributed by atoms with Gasteiger partial charge in [-0.3, -0.25) is 14.5 Å². The van der Waals surface area contributed by atoms with Crippen molar-refractivity contribution in [2.45, 2.75) is 40.0 Å². The van der Waals surface area contributed by atoms with Gasteiger partial charge < -0.3 is 20.2 Å². The van der Waals surface area contributed by atoms with Crippen molar-refractivity contribution in [2.75, 3.05) is 56.0 Å². The topological polar surface area (TPSA) is 106 Å². The highest BCUT2D eigenvalue weighted by atomic mass is 16.4. The first-order valence-electron chi connectivity index (χ1n) is 12.4. The molecule has 0 aliphatic carbocycles. The molecule has 2 fully saturated rings. The Bertz CT molecular complexity index is 1110. The molecule has 2 aliphatic heterocycles. The first kappa shape index (κ1) is 24.9. The molecule has 0 radical (unpaired) electrons. The number of amides is 2. The van der Waals surface area contributed by atoms with Crippen LogP contribution in [0.2, 0.25) is 0 Å². The minimum Gasteiger partial charge on any atom is -0.478 e. The number of benzene rings is 1. The monoisotopic (exact) mass is 481 g/mol. The fourth-order valence-electron chi connectivity index (χ4n) is 4.52. The fraction of sp³-hybridized carbons (Fsp3) is 0.538. The normalized spacial score (nSPS) is 17.5. The number of pyridine rings is 1. The van der Waals surface area contributed by atoms with Gasteiger partial charge in [0, 0.05) is 55.8 Å². The molecule has 2 aliphatic rings. The number of anilines is 2. The van der Waals surface area contributed by atoms with E-state index >= 15 is 0 Å². The van der Waals surface area contributed by atoms with Crippen molar-refractivity contribution in [3.8, 4) is 0 Å². The van der Waals surface area contributed by atoms with Crippen LogP contribution in [0.15, 0.2) is 24.3 Å². The molecule has 1 aromatic heterocycles. The van der Waals surface area contributed by atoms with Crippen LogP contribution in [-0.4, -0.2) is 83.5 Å². The number of rotatable bonds is 5. The molecule has 35 heavy (non-hydrogen) atoms. The van der Waals surface area contributed by atoms with Crippen LogP contribution in [0.25, 0.3) is 10.9 Å². The van der Waals surface area contributed by atoms with Crippen molar-refractivity contribution in [1.29, 1.82) is 0 Å². The predicted molar refractivity (Wildman–Crippen MR) is 136 cm³/mol. The van der Waals surface area contributed by atoms with Gasteiger partial charge in [0.1, 0.15) is 5.82 Å². The highest BCUT2D eigenvalue weighted by Crippen LogP contribution is 2.27. The maximum atomic E-state index is 12.6. The van der Waals surface area contributed by atoms with Crippen molar-refractivity contribution in [1.82, 2.24) is 14.8 Å². The highest BCUT2D eigenvalue weighted by molar-refractivity contribution is 6.05. The SMILES string of the molecule is CC(C)(C)C(=O)Nc1ccc2nc(N3CCN(CC(=O)N4CCCCC4)CC3)cc(C(=O)O)c2c1. The zero-order valence-corrected chi connectivity index (χ0v) is 20.8. The number of piperazine rings is 1. The Hall–Kier alpha value is -3.20. The van der Waals surface area contributed by atoms with Crippen molar-refractivity contribution < 1.29 is 19.5 Å². The van der Waals surface area contributed by atoms with Crippen molar-refractivity contribution in [3.05, 3.63) is 29.8 Å². The summed E-state index contributed by atoms with van der Waals surface area (Å²) in [5, 5.41) is 13.2. The standard InChI is InChI=1S/C26H35N5O4/c1-26(2,3)25(35)27-18-7-8-21-19(15-18)20(24(33)34)16-22(28-21)30-13-11-29(12-14-30)17-23(32)31-9-5-4-6-10-31/h7-8,15-16H,4-6,9-14,17H2,1-3H3,(H,27,35)(H,33,34). The lowest BCUT2D eigenvalue weighted by Gasteiger charge is -2.36. The molecule has 2 aromatic rings. The summed E-state index contributed by atoms with van der Waals surface area (Å²) in [6.45, 7) is 10.4. The molecule has 9 heteroatoms. The van der Waals surface area contributed by atoms with Crippen LogP contribution < -0.4 is 10.2 Å². The second-order valence-electron chi connectivity index (χ2n) is 10.5. The Balaban J connectivity index is 1.47. The van der Waals surface area contributed by atoms with E-state index in [4.69, 9.17) is 4.98 Å². The number of hydrogen-bond acceptors (Lipinski definition) is 6. The molecular formula is C26H35N5O4. The lowest BCUT2D eigenvalue weighted by Crippen LogP contribution is -2.51. The van der Waals surface area contributed by atoms with Gasteiger partial charge in [0.25, 0.3) is 0 Å². The van der Waals surface area contributed by atoms with Gasteiger partial charge in [-0.2, -0.15) is 0 Å². The maximum absolute atomic E-state index is 12.6. The van der Waals surface area contributed by atoms with Crippen LogP contribution in [0.3, 0.4) is 0 Å². The molecule has 1 aromatic carbocycles. The summed E-state index contributed by atoms with van der Waals surface area (Å²) in [5.74, 6) is -0.369. The first-order valence-corrected chi connectivity index (χ1v) is 12.4. The molecule has 2 N–H and O–H groups in total. The van der Waals surface area contributed by atoms with E-state index in [0.717, 1.165) is 39.0 Å². The van der Waals surface area contributed by atoms with Gasteiger partial charge in [-0.05, 0) is 43.5 Å². The number of nitrogens with one attached hydrogen (secondary N) is 1. The number of likely N-dealkylation sites (tertiary alicyclic amines) is 1. The molecule has 0 bridgehead atoms. The van der Waals surface area contributed by atoms with Crippen molar-refractivity contribution >= 4 is 40.2 Å². The molecule has 2 saturated heterocycles. The number of aromatic nitrogens is 1. The van der Waals surface area contributed by atoms with Crippen LogP contribution in [0.4, 0.5) is 11.5 Å². The van der Waals surface area contributed by atoms with Gasteiger partial charge in [-0.25, -0.2) is 9.78 Å². The molecule has 188 valence electrons. The zero-order valence-electron chi connectivity index (χ0n) is 20.8. The van der Waals surface area contributed by atoms with E-state index < -0.39 is 11.4 Å². The molecular weight excluding hydrogens is 446 g/mol. The Kier molecular flexibility index (Phi) is 7.25. The van der Waals surface area contributed by atoms with Gasteiger partial charge >= 0.3 is 5.97 Å². The zero-order chi connectivity index (χ0) is 25.2. The Labute approximate surface area is 206 Å². The summed E-state index contributed by atoms with van der Waals surface area (Å²) in [4.78, 5) is 48.0. The molecule has 0 saturated carbocycles. The van der Waals surface area contributed by atoms with Crippen LogP contribution in [0, 0.1) is 5.41 Å². The van der Waals surface area contributed by atoms with Gasteiger partial charge in [-0.1, -0.05) is 20.8 Å². The Morgan fingerprint density at radius 2 is 1.66 bits per heavy atom. The number of fused-ring (bicyclic) bond motifs is 1. The third-order valence-corrected chi connectivity index (χ3v) is 6.73. The van der Waals surface area contributed by atoms with Gasteiger partial charge in [0.05, 0.1) is 17.6 Å². The average Bonchev–Trinajstić information content (AvgIpc) is 2.83. The Morgan fingerprint density at radius 1 is 0.971 bits per heavy atom. The summed E-state index contributed by atoms with van der Waals surface area (Å²) in [7, 11) is 0. The predicted octanol–water partition coefficient (Wildman–Crippen LogP) is 3.05. The largest absolute Gasteiger partial charge is 0.478 e. The van der Waals surface area contributed by atoms with Crippen LogP contribution in [-0.2, 0) is 9.59 Å². The lowest BCUT2D eigenvalue weighted by molar-refractivity contribution is -0.133. The van der Waals surface area contributed by atoms with Gasteiger partial charge in [0.2, 0.25) is 11.8 Å². The smallest absolute Gasteiger partial charge is 0.336 e. The van der Waals surface area contributed by atoms with Crippen molar-refractivity contribution in [3.63, 3.8) is 0 Å². The third kappa shape index (κ3) is 5.90. The number of carbonyl (C=O) groups excluding carboxylic acids is 2. The first-order chi connectivity index (χ1) is 16.6. The number of carbonyl (C=O) groups is 3. The number of aromatic carboxylic acids is 1. The van der Waals surface area contributed by atoms with E-state index in [0.29, 0.717) is 42.0 Å². The second kappa shape index (κ2) is 10.2. The minimum atomic E-state index is -1.04. The molecule has 0 atom stereocenters. The summed E-state index contributed by atoms with van der Waals surface area (Å²) in [6.07, 6.45) is 3.37. The van der Waals surface area contributed by atoms with E-state index in [1.54, 1.807) is 24.3 Å². The van der Waals surface area contributed by atoms with E-state index in [1.165, 1.54) is 6.42 Å². The fourth-order valence-corrected chi connectivity index (χ4v) is 4.52. The summed E-state index contributed by atoms with van der Waals surface area (Å²) < 4.78 is 0. The van der Waals surface area contributed by atoms with Gasteiger partial charge in [0.15, 0.2) is 0 Å². The molecule has 0 spiro atoms. The Morgan fingerprint density at radius 3 is 2.29 bits per heavy atom. The quantitative estimate of drug-likeness (QED) is 0.676. The van der Waals surface area contributed by atoms with E-state index in [9.17, 15) is 19.5 Å². The number of carboxylic acid groups (broad SMARTS) is 1. The molecule has 0 unspecified atom stereocenters. The van der Waals surface area contributed by atoms with E-state index in [-0.39, 0.29) is 17.4 Å². The third-order valence-electron chi connectivity index (χ3n) is 6.73. The molecule has 3 heterocycles. The summed E-state index contributed by atoms with van der Waals surface area (Å²) >= 11 is 0. The van der Waals surface area contributed by atoms with Gasteiger partial charge in [-0.15, -0.1) is 0 Å². The van der Waals surface area contributed by atoms with Crippen LogP contribution >= 0.6 is 0 Å². The average molecular weight is 482 g/mol. The van der Waals surface area contributed by atoms with Crippen molar-refractivity contribution in [2.24, 2.45) is 5.41 Å². The number of carboxylic acids is 1. The second-order valence-corrected chi connectivity index (χ2v) is 10.5. The summed E-state index contributed by atoms with van der Waals surface area (Å²) in [6, 6.07) is 6.77. The number of piperidine rings is 1. The maximum Gasteiger partial charge on any atom is 0.336 e. The number of hydrogen-bond donors (Lipinski definition) is 2. The lowest BCUT2D eigenvalue weighted by atomic mass is 9.95. The van der Waals surface area contributed by atoms with Crippen LogP contribution in [0.5, 0.6) is 0 Å². The van der Waals surface area contributed by atoms with E-state index in [2.05, 4.69) is 15.1 Å². The molecule has 4 rings (SSSR count). The highest BCUT2D eigenvalue weighted by Gasteiger charge is 2.25. The van der Waals surface area contributed by atoms with E-state index in [1.807, 2.05) is 25.7 Å².